The van der Waals surface area contributed by atoms with E-state index in [1.165, 1.54) is 0 Å². The maximum atomic E-state index is 12.2. The first-order valence-corrected chi connectivity index (χ1v) is 10.0. The molecule has 2 aromatic carbocycles. The zero-order valence-corrected chi connectivity index (χ0v) is 16.3. The van der Waals surface area contributed by atoms with Gasteiger partial charge in [0, 0.05) is 23.0 Å². The molecule has 0 radical (unpaired) electrons. The lowest BCUT2D eigenvalue weighted by Crippen LogP contribution is -2.32. The highest BCUT2D eigenvalue weighted by Crippen LogP contribution is 2.62. The number of carbonyl (C=O) groups is 2. The van der Waals surface area contributed by atoms with Crippen molar-refractivity contribution in [1.29, 1.82) is 0 Å². The van der Waals surface area contributed by atoms with Crippen LogP contribution in [0.1, 0.15) is 43.2 Å². The van der Waals surface area contributed by atoms with Crippen LogP contribution in [0.4, 0.5) is 0 Å². The van der Waals surface area contributed by atoms with E-state index in [1.54, 1.807) is 0 Å². The third kappa shape index (κ3) is 3.27. The lowest BCUT2D eigenvalue weighted by molar-refractivity contribution is -0.154. The minimum Gasteiger partial charge on any atom is -0.481 e. The number of benzene rings is 2. The molecule has 2 aliphatic rings. The molecular weight excluding hydrogens is 370 g/mol. The largest absolute Gasteiger partial charge is 0.481 e. The maximum absolute atomic E-state index is 12.2. The number of carboxylic acids is 1. The number of esters is 1. The van der Waals surface area contributed by atoms with Gasteiger partial charge in [-0.05, 0) is 25.0 Å². The van der Waals surface area contributed by atoms with Crippen LogP contribution < -0.4 is 10.5 Å². The second-order valence-corrected chi connectivity index (χ2v) is 7.78. The van der Waals surface area contributed by atoms with E-state index in [0.29, 0.717) is 12.8 Å². The summed E-state index contributed by atoms with van der Waals surface area (Å²) in [5, 5.41) is 9.84. The summed E-state index contributed by atoms with van der Waals surface area (Å²) in [6.07, 6.45) is 1.89. The minimum absolute atomic E-state index is 0.134. The van der Waals surface area contributed by atoms with Gasteiger partial charge >= 0.3 is 11.9 Å². The zero-order valence-electron chi connectivity index (χ0n) is 16.3. The molecule has 1 fully saturated rings. The van der Waals surface area contributed by atoms with E-state index in [0.717, 1.165) is 29.0 Å². The van der Waals surface area contributed by atoms with Crippen LogP contribution in [-0.4, -0.2) is 29.2 Å². The molecule has 0 aromatic heterocycles. The molecular formula is C23H25NO5. The van der Waals surface area contributed by atoms with Crippen LogP contribution in [0.15, 0.2) is 48.5 Å². The Kier molecular flexibility index (Phi) is 5.04. The van der Waals surface area contributed by atoms with Gasteiger partial charge in [0.2, 0.25) is 0 Å². The summed E-state index contributed by atoms with van der Waals surface area (Å²) in [7, 11) is 0. The van der Waals surface area contributed by atoms with E-state index in [9.17, 15) is 14.7 Å². The topological polar surface area (TPSA) is 98.9 Å². The van der Waals surface area contributed by atoms with E-state index in [1.807, 2.05) is 55.5 Å². The second kappa shape index (κ2) is 7.52. The standard InChI is InChI=1S/C23H25NO5/c1-2-7-17-21(22(26)27)23(17,29-20(25)13-24)12-16-14-8-3-5-10-18(14)28-19-11-6-4-9-15(16)19/h3-6,8-11,16-17,21H,2,7,12-13,24H2,1H3,(H,26,27). The van der Waals surface area contributed by atoms with Gasteiger partial charge in [-0.1, -0.05) is 49.7 Å². The first-order chi connectivity index (χ1) is 14.0. The molecule has 6 heteroatoms. The highest BCUT2D eigenvalue weighted by Gasteiger charge is 2.71. The third-order valence-electron chi connectivity index (χ3n) is 6.12. The van der Waals surface area contributed by atoms with Crippen molar-refractivity contribution in [2.75, 3.05) is 6.54 Å². The van der Waals surface area contributed by atoms with Crippen LogP contribution in [0.25, 0.3) is 0 Å². The van der Waals surface area contributed by atoms with Crippen LogP contribution >= 0.6 is 0 Å². The first kappa shape index (κ1) is 19.5. The van der Waals surface area contributed by atoms with Gasteiger partial charge in [-0.25, -0.2) is 0 Å². The molecule has 3 atom stereocenters. The highest BCUT2D eigenvalue weighted by molar-refractivity contribution is 5.80. The molecule has 1 saturated carbocycles. The summed E-state index contributed by atoms with van der Waals surface area (Å²) in [6.45, 7) is 1.74. The Labute approximate surface area is 169 Å². The van der Waals surface area contributed by atoms with Gasteiger partial charge in [-0.2, -0.15) is 0 Å². The van der Waals surface area contributed by atoms with Gasteiger partial charge in [-0.15, -0.1) is 0 Å². The van der Waals surface area contributed by atoms with E-state index >= 15 is 0 Å². The summed E-state index contributed by atoms with van der Waals surface area (Å²) in [6, 6.07) is 15.5. The van der Waals surface area contributed by atoms with Gasteiger partial charge in [0.05, 0.1) is 6.54 Å². The van der Waals surface area contributed by atoms with E-state index in [2.05, 4.69) is 0 Å². The summed E-state index contributed by atoms with van der Waals surface area (Å²) in [5.74, 6) is -1.08. The lowest BCUT2D eigenvalue weighted by atomic mass is 9.82. The molecule has 4 rings (SSSR count). The van der Waals surface area contributed by atoms with Crippen LogP contribution in [0.2, 0.25) is 0 Å². The van der Waals surface area contributed by atoms with Gasteiger partial charge in [0.1, 0.15) is 23.0 Å². The fourth-order valence-electron chi connectivity index (χ4n) is 4.86. The van der Waals surface area contributed by atoms with Crippen molar-refractivity contribution in [2.45, 2.75) is 37.7 Å². The molecule has 2 aromatic rings. The molecule has 6 nitrogen and oxygen atoms in total. The predicted octanol–water partition coefficient (Wildman–Crippen LogP) is 3.69. The SMILES string of the molecule is CCCC1C(C(=O)O)C1(CC1c2ccccc2Oc2ccccc21)OC(=O)CN. The number of carboxylic acid groups (broad SMARTS) is 1. The third-order valence-corrected chi connectivity index (χ3v) is 6.12. The van der Waals surface area contributed by atoms with Crippen LogP contribution in [0.5, 0.6) is 11.5 Å². The maximum Gasteiger partial charge on any atom is 0.320 e. The Bertz CT molecular complexity index is 895. The van der Waals surface area contributed by atoms with Crippen molar-refractivity contribution < 1.29 is 24.2 Å². The molecule has 3 unspecified atom stereocenters. The van der Waals surface area contributed by atoms with Crippen molar-refractivity contribution in [2.24, 2.45) is 17.6 Å². The Morgan fingerprint density at radius 1 is 1.10 bits per heavy atom. The molecule has 0 bridgehead atoms. The minimum atomic E-state index is -1.06. The normalized spacial score (nSPS) is 24.8. The molecule has 3 N–H and O–H groups in total. The highest BCUT2D eigenvalue weighted by atomic mass is 16.6. The Morgan fingerprint density at radius 3 is 2.21 bits per heavy atom. The molecule has 0 spiro atoms. The zero-order chi connectivity index (χ0) is 20.6. The lowest BCUT2D eigenvalue weighted by Gasteiger charge is -2.31. The molecule has 152 valence electrons. The number of fused-ring (bicyclic) bond motifs is 2. The number of aliphatic carboxylic acids is 1. The van der Waals surface area contributed by atoms with E-state index in [-0.39, 0.29) is 18.4 Å². The van der Waals surface area contributed by atoms with Gasteiger partial charge in [-0.3, -0.25) is 9.59 Å². The number of hydrogen-bond acceptors (Lipinski definition) is 5. The molecule has 0 amide bonds. The molecule has 1 aliphatic heterocycles. The molecule has 0 saturated heterocycles. The van der Waals surface area contributed by atoms with Gasteiger partial charge in [0.25, 0.3) is 0 Å². The summed E-state index contributed by atoms with van der Waals surface area (Å²) in [4.78, 5) is 24.2. The first-order valence-electron chi connectivity index (χ1n) is 10.0. The Hall–Kier alpha value is -2.86. The summed E-state index contributed by atoms with van der Waals surface area (Å²) in [5.41, 5.74) is 6.38. The quantitative estimate of drug-likeness (QED) is 0.694. The fourth-order valence-corrected chi connectivity index (χ4v) is 4.86. The van der Waals surface area contributed by atoms with Crippen molar-refractivity contribution >= 4 is 11.9 Å². The Morgan fingerprint density at radius 2 is 1.69 bits per heavy atom. The summed E-state index contributed by atoms with van der Waals surface area (Å²) >= 11 is 0. The van der Waals surface area contributed by atoms with E-state index in [4.69, 9.17) is 15.2 Å². The van der Waals surface area contributed by atoms with E-state index < -0.39 is 23.5 Å². The Balaban J connectivity index is 1.77. The van der Waals surface area contributed by atoms with Gasteiger partial charge in [0.15, 0.2) is 0 Å². The second-order valence-electron chi connectivity index (χ2n) is 7.78. The number of nitrogens with two attached hydrogens (primary N) is 1. The van der Waals surface area contributed by atoms with Crippen LogP contribution in [0, 0.1) is 11.8 Å². The number of ether oxygens (including phenoxy) is 2. The van der Waals surface area contributed by atoms with Gasteiger partial charge < -0.3 is 20.3 Å². The average Bonchev–Trinajstić information content (AvgIpc) is 3.33. The van der Waals surface area contributed by atoms with Crippen molar-refractivity contribution in [3.05, 3.63) is 59.7 Å². The molecule has 1 heterocycles. The molecule has 1 aliphatic carbocycles. The monoisotopic (exact) mass is 395 g/mol. The van der Waals surface area contributed by atoms with Crippen LogP contribution in [0.3, 0.4) is 0 Å². The smallest absolute Gasteiger partial charge is 0.320 e. The number of carbonyl (C=O) groups excluding carboxylic acids is 1. The van der Waals surface area contributed by atoms with Crippen LogP contribution in [-0.2, 0) is 14.3 Å². The van der Waals surface area contributed by atoms with Crippen molar-refractivity contribution in [1.82, 2.24) is 0 Å². The number of hydrogen-bond donors (Lipinski definition) is 2. The summed E-state index contributed by atoms with van der Waals surface area (Å²) < 4.78 is 11.8. The van der Waals surface area contributed by atoms with Crippen molar-refractivity contribution in [3.63, 3.8) is 0 Å². The number of rotatable bonds is 7. The number of para-hydroxylation sites is 2. The average molecular weight is 395 g/mol. The predicted molar refractivity (Wildman–Crippen MR) is 107 cm³/mol. The fraction of sp³-hybridized carbons (Fsp3) is 0.391. The van der Waals surface area contributed by atoms with Crippen molar-refractivity contribution in [3.8, 4) is 11.5 Å². The molecule has 29 heavy (non-hydrogen) atoms.